The van der Waals surface area contributed by atoms with Crippen LogP contribution in [0.5, 0.6) is 0 Å². The molecule has 0 aliphatic rings. The van der Waals surface area contributed by atoms with Crippen molar-refractivity contribution in [3.8, 4) is 0 Å². The Balaban J connectivity index is 2.59. The van der Waals surface area contributed by atoms with Crippen molar-refractivity contribution >= 4 is 17.5 Å². The third-order valence-corrected chi connectivity index (χ3v) is 3.46. The van der Waals surface area contributed by atoms with Crippen molar-refractivity contribution < 1.29 is 9.59 Å². The number of carbonyl (C=O) groups is 2. The van der Waals surface area contributed by atoms with E-state index in [0.717, 1.165) is 17.7 Å². The molecule has 0 aliphatic carbocycles. The summed E-state index contributed by atoms with van der Waals surface area (Å²) in [5.41, 5.74) is 1.94. The lowest BCUT2D eigenvalue weighted by molar-refractivity contribution is -0.126. The van der Waals surface area contributed by atoms with Crippen LogP contribution in [0, 0.1) is 0 Å². The Morgan fingerprint density at radius 3 is 2.52 bits per heavy atom. The van der Waals surface area contributed by atoms with Crippen molar-refractivity contribution in [2.45, 2.75) is 33.2 Å². The number of hydrogen-bond acceptors (Lipinski definition) is 3. The molecule has 1 atom stereocenters. The number of rotatable bonds is 7. The molecule has 1 aromatic carbocycles. The summed E-state index contributed by atoms with van der Waals surface area (Å²) in [5, 5.41) is 5.66. The van der Waals surface area contributed by atoms with Crippen LogP contribution in [0.4, 0.5) is 5.69 Å². The Hall–Kier alpha value is -1.88. The van der Waals surface area contributed by atoms with Crippen molar-refractivity contribution in [1.29, 1.82) is 0 Å². The van der Waals surface area contributed by atoms with E-state index in [4.69, 9.17) is 0 Å². The maximum atomic E-state index is 12.1. The zero-order chi connectivity index (χ0) is 15.8. The van der Waals surface area contributed by atoms with Crippen LogP contribution in [0.25, 0.3) is 0 Å². The average molecular weight is 291 g/mol. The average Bonchev–Trinajstić information content (AvgIpc) is 2.47. The Morgan fingerprint density at radius 2 is 1.90 bits per heavy atom. The lowest BCUT2D eigenvalue weighted by Gasteiger charge is -2.23. The summed E-state index contributed by atoms with van der Waals surface area (Å²) in [6.45, 7) is 6.48. The second-order valence-electron chi connectivity index (χ2n) is 5.04. The Bertz CT molecular complexity index is 488. The maximum absolute atomic E-state index is 12.1. The van der Waals surface area contributed by atoms with Crippen LogP contribution in [0.1, 0.15) is 26.3 Å². The molecule has 0 spiro atoms. The van der Waals surface area contributed by atoms with Crippen LogP contribution in [0.3, 0.4) is 0 Å². The largest absolute Gasteiger partial charge is 0.355 e. The quantitative estimate of drug-likeness (QED) is 0.803. The highest BCUT2D eigenvalue weighted by molar-refractivity contribution is 5.93. The van der Waals surface area contributed by atoms with Gasteiger partial charge in [-0.3, -0.25) is 14.5 Å². The molecule has 0 aliphatic heterocycles. The molecule has 0 heterocycles. The fraction of sp³-hybridized carbons (Fsp3) is 0.500. The number of amides is 2. The number of para-hydroxylation sites is 1. The van der Waals surface area contributed by atoms with E-state index in [9.17, 15) is 9.59 Å². The monoisotopic (exact) mass is 291 g/mol. The van der Waals surface area contributed by atoms with E-state index in [1.807, 2.05) is 38.1 Å². The number of anilines is 1. The summed E-state index contributed by atoms with van der Waals surface area (Å²) in [5.74, 6) is -0.184. The molecule has 0 bridgehead atoms. The fourth-order valence-electron chi connectivity index (χ4n) is 2.03. The molecule has 0 saturated carbocycles. The molecular weight excluding hydrogens is 266 g/mol. The van der Waals surface area contributed by atoms with Gasteiger partial charge in [0, 0.05) is 12.2 Å². The first-order valence-electron chi connectivity index (χ1n) is 7.35. The first-order valence-corrected chi connectivity index (χ1v) is 7.35. The summed E-state index contributed by atoms with van der Waals surface area (Å²) in [7, 11) is 1.77. The predicted octanol–water partition coefficient (Wildman–Crippen LogP) is 1.64. The molecule has 5 heteroatoms. The van der Waals surface area contributed by atoms with E-state index in [1.54, 1.807) is 18.9 Å². The summed E-state index contributed by atoms with van der Waals surface area (Å²) in [6, 6.07) is 7.41. The minimum Gasteiger partial charge on any atom is -0.355 e. The third-order valence-electron chi connectivity index (χ3n) is 3.46. The van der Waals surface area contributed by atoms with E-state index in [2.05, 4.69) is 10.6 Å². The fourth-order valence-corrected chi connectivity index (χ4v) is 2.03. The van der Waals surface area contributed by atoms with Gasteiger partial charge in [0.05, 0.1) is 12.6 Å². The molecule has 2 amide bonds. The highest BCUT2D eigenvalue weighted by Crippen LogP contribution is 2.15. The molecule has 0 saturated heterocycles. The number of aryl methyl sites for hydroxylation is 1. The highest BCUT2D eigenvalue weighted by atomic mass is 16.2. The highest BCUT2D eigenvalue weighted by Gasteiger charge is 2.19. The van der Waals surface area contributed by atoms with Gasteiger partial charge in [-0.2, -0.15) is 0 Å². The van der Waals surface area contributed by atoms with Crippen molar-refractivity contribution in [3.05, 3.63) is 29.8 Å². The SMILES string of the molecule is CCNC(=O)[C@@H](C)N(C)CC(=O)Nc1ccccc1CC. The van der Waals surface area contributed by atoms with Crippen LogP contribution in [-0.2, 0) is 16.0 Å². The minimum atomic E-state index is -0.336. The predicted molar refractivity (Wildman–Crippen MR) is 85.2 cm³/mol. The Labute approximate surface area is 126 Å². The van der Waals surface area contributed by atoms with Crippen LogP contribution < -0.4 is 10.6 Å². The third kappa shape index (κ3) is 5.19. The van der Waals surface area contributed by atoms with E-state index in [-0.39, 0.29) is 24.4 Å². The number of hydrogen-bond donors (Lipinski definition) is 2. The van der Waals surface area contributed by atoms with Gasteiger partial charge in [0.25, 0.3) is 0 Å². The van der Waals surface area contributed by atoms with Gasteiger partial charge < -0.3 is 10.6 Å². The minimum absolute atomic E-state index is 0.0678. The molecule has 5 nitrogen and oxygen atoms in total. The summed E-state index contributed by atoms with van der Waals surface area (Å²) in [4.78, 5) is 25.6. The van der Waals surface area contributed by atoms with Crippen LogP contribution in [-0.4, -0.2) is 42.9 Å². The topological polar surface area (TPSA) is 61.4 Å². The molecule has 1 aromatic rings. The van der Waals surface area contributed by atoms with Crippen molar-refractivity contribution in [1.82, 2.24) is 10.2 Å². The van der Waals surface area contributed by atoms with Gasteiger partial charge in [0.15, 0.2) is 0 Å². The van der Waals surface area contributed by atoms with Gasteiger partial charge in [-0.15, -0.1) is 0 Å². The van der Waals surface area contributed by atoms with E-state index < -0.39 is 0 Å². The smallest absolute Gasteiger partial charge is 0.238 e. The van der Waals surface area contributed by atoms with Crippen LogP contribution in [0.15, 0.2) is 24.3 Å². The number of likely N-dealkylation sites (N-methyl/N-ethyl adjacent to an activating group) is 2. The summed E-state index contributed by atoms with van der Waals surface area (Å²) < 4.78 is 0. The Kier molecular flexibility index (Phi) is 6.88. The van der Waals surface area contributed by atoms with Crippen LogP contribution in [0.2, 0.25) is 0 Å². The zero-order valence-corrected chi connectivity index (χ0v) is 13.3. The van der Waals surface area contributed by atoms with Gasteiger partial charge in [-0.05, 0) is 38.9 Å². The zero-order valence-electron chi connectivity index (χ0n) is 13.3. The number of carbonyl (C=O) groups excluding carboxylic acids is 2. The van der Waals surface area contributed by atoms with Gasteiger partial charge in [0.1, 0.15) is 0 Å². The number of nitrogens with one attached hydrogen (secondary N) is 2. The van der Waals surface area contributed by atoms with Crippen molar-refractivity contribution in [3.63, 3.8) is 0 Å². The molecule has 0 aromatic heterocycles. The second-order valence-corrected chi connectivity index (χ2v) is 5.04. The molecule has 0 unspecified atom stereocenters. The first-order chi connectivity index (χ1) is 9.99. The van der Waals surface area contributed by atoms with Gasteiger partial charge >= 0.3 is 0 Å². The van der Waals surface area contributed by atoms with Crippen molar-refractivity contribution in [2.75, 3.05) is 25.5 Å². The standard InChI is InChI=1S/C16H25N3O2/c1-5-13-9-7-8-10-14(13)18-15(20)11-19(4)12(3)16(21)17-6-2/h7-10,12H,5-6,11H2,1-4H3,(H,17,21)(H,18,20)/t12-/m1/s1. The first kappa shape index (κ1) is 17.2. The van der Waals surface area contributed by atoms with Gasteiger partial charge in [0.2, 0.25) is 11.8 Å². The lowest BCUT2D eigenvalue weighted by Crippen LogP contribution is -2.45. The van der Waals surface area contributed by atoms with Crippen molar-refractivity contribution in [2.24, 2.45) is 0 Å². The number of benzene rings is 1. The van der Waals surface area contributed by atoms with Gasteiger partial charge in [-0.25, -0.2) is 0 Å². The van der Waals surface area contributed by atoms with E-state index >= 15 is 0 Å². The lowest BCUT2D eigenvalue weighted by atomic mass is 10.1. The van der Waals surface area contributed by atoms with Crippen LogP contribution >= 0.6 is 0 Å². The summed E-state index contributed by atoms with van der Waals surface area (Å²) in [6.07, 6.45) is 0.863. The van der Waals surface area contributed by atoms with E-state index in [0.29, 0.717) is 6.54 Å². The molecule has 0 fully saturated rings. The molecule has 2 N–H and O–H groups in total. The normalized spacial score (nSPS) is 12.0. The maximum Gasteiger partial charge on any atom is 0.238 e. The summed E-state index contributed by atoms with van der Waals surface area (Å²) >= 11 is 0. The van der Waals surface area contributed by atoms with E-state index in [1.165, 1.54) is 0 Å². The molecule has 0 radical (unpaired) electrons. The Morgan fingerprint density at radius 1 is 1.24 bits per heavy atom. The molecule has 116 valence electrons. The van der Waals surface area contributed by atoms with Gasteiger partial charge in [-0.1, -0.05) is 25.1 Å². The molecule has 1 rings (SSSR count). The molecule has 21 heavy (non-hydrogen) atoms. The second kappa shape index (κ2) is 8.42. The molecular formula is C16H25N3O2. The number of nitrogens with zero attached hydrogens (tertiary/aromatic N) is 1.